The number of benzene rings is 2. The number of hydrogen-bond donors (Lipinski definition) is 0. The maximum atomic E-state index is 9.33. The van der Waals surface area contributed by atoms with Gasteiger partial charge in [0.05, 0.1) is 11.6 Å². The first kappa shape index (κ1) is 22.1. The lowest BCUT2D eigenvalue weighted by molar-refractivity contribution is 0.218. The van der Waals surface area contributed by atoms with E-state index in [0.29, 0.717) is 40.5 Å². The Balaban J connectivity index is 1.55. The molecule has 1 aliphatic heterocycles. The lowest BCUT2D eigenvalue weighted by atomic mass is 9.96. The number of nitrogens with zero attached hydrogens (tertiary/aromatic N) is 4. The number of rotatable bonds is 7. The van der Waals surface area contributed by atoms with Crippen molar-refractivity contribution in [2.24, 2.45) is 0 Å². The van der Waals surface area contributed by atoms with E-state index in [-0.39, 0.29) is 5.92 Å². The fourth-order valence-electron chi connectivity index (χ4n) is 3.78. The first-order valence-electron chi connectivity index (χ1n) is 10.8. The van der Waals surface area contributed by atoms with Crippen molar-refractivity contribution < 1.29 is 9.47 Å². The lowest BCUT2D eigenvalue weighted by Gasteiger charge is -2.30. The standard InChI is InChI=1S/C25H25ClN4O2/c1-2-30-12-10-20(11-13-30)25-28-23(26)15-24(29-25)32-22-14-19(16-27)8-9-21(22)31-17-18-6-4-3-5-7-18/h3-9,14-15,20H,2,10-13,17H2,1H3. The Labute approximate surface area is 193 Å². The summed E-state index contributed by atoms with van der Waals surface area (Å²) in [4.78, 5) is 11.5. The van der Waals surface area contributed by atoms with Gasteiger partial charge in [0, 0.05) is 18.1 Å². The molecule has 1 aliphatic rings. The van der Waals surface area contributed by atoms with Crippen molar-refractivity contribution in [2.75, 3.05) is 19.6 Å². The summed E-state index contributed by atoms with van der Waals surface area (Å²) in [6.45, 7) is 5.66. The zero-order valence-corrected chi connectivity index (χ0v) is 18.8. The summed E-state index contributed by atoms with van der Waals surface area (Å²) >= 11 is 6.31. The Bertz CT molecular complexity index is 1090. The van der Waals surface area contributed by atoms with E-state index in [9.17, 15) is 5.26 Å². The van der Waals surface area contributed by atoms with Crippen molar-refractivity contribution in [1.82, 2.24) is 14.9 Å². The van der Waals surface area contributed by atoms with Crippen LogP contribution in [0.15, 0.2) is 54.6 Å². The van der Waals surface area contributed by atoms with E-state index in [1.165, 1.54) is 0 Å². The van der Waals surface area contributed by atoms with Gasteiger partial charge >= 0.3 is 0 Å². The van der Waals surface area contributed by atoms with Crippen LogP contribution >= 0.6 is 11.6 Å². The molecule has 1 aromatic heterocycles. The molecule has 4 rings (SSSR count). The molecular weight excluding hydrogens is 424 g/mol. The van der Waals surface area contributed by atoms with Crippen molar-refractivity contribution in [2.45, 2.75) is 32.3 Å². The molecule has 2 heterocycles. The number of piperidine rings is 1. The highest BCUT2D eigenvalue weighted by atomic mass is 35.5. The second-order valence-electron chi connectivity index (χ2n) is 7.75. The molecule has 0 radical (unpaired) electrons. The molecule has 0 bridgehead atoms. The number of ether oxygens (including phenoxy) is 2. The van der Waals surface area contributed by atoms with Crippen LogP contribution in [0.3, 0.4) is 0 Å². The van der Waals surface area contributed by atoms with Crippen LogP contribution in [0.1, 0.15) is 42.6 Å². The lowest BCUT2D eigenvalue weighted by Crippen LogP contribution is -2.33. The third-order valence-corrected chi connectivity index (χ3v) is 5.81. The fourth-order valence-corrected chi connectivity index (χ4v) is 3.96. The average Bonchev–Trinajstić information content (AvgIpc) is 2.83. The second-order valence-corrected chi connectivity index (χ2v) is 8.13. The summed E-state index contributed by atoms with van der Waals surface area (Å²) in [5.74, 6) is 2.24. The van der Waals surface area contributed by atoms with Gasteiger partial charge in [-0.25, -0.2) is 4.98 Å². The highest BCUT2D eigenvalue weighted by molar-refractivity contribution is 6.29. The van der Waals surface area contributed by atoms with Crippen LogP contribution < -0.4 is 9.47 Å². The number of hydrogen-bond acceptors (Lipinski definition) is 6. The van der Waals surface area contributed by atoms with Crippen LogP contribution in [-0.4, -0.2) is 34.5 Å². The van der Waals surface area contributed by atoms with Gasteiger partial charge in [-0.2, -0.15) is 10.2 Å². The smallest absolute Gasteiger partial charge is 0.224 e. The highest BCUT2D eigenvalue weighted by Gasteiger charge is 2.23. The van der Waals surface area contributed by atoms with Crippen LogP contribution in [0, 0.1) is 11.3 Å². The minimum atomic E-state index is 0.248. The van der Waals surface area contributed by atoms with E-state index in [0.717, 1.165) is 38.0 Å². The number of nitriles is 1. The molecule has 2 aromatic carbocycles. The molecule has 7 heteroatoms. The first-order valence-corrected chi connectivity index (χ1v) is 11.2. The van der Waals surface area contributed by atoms with Crippen molar-refractivity contribution in [1.29, 1.82) is 5.26 Å². The minimum Gasteiger partial charge on any atom is -0.485 e. The average molecular weight is 449 g/mol. The van der Waals surface area contributed by atoms with E-state index >= 15 is 0 Å². The summed E-state index contributed by atoms with van der Waals surface area (Å²) < 4.78 is 12.1. The predicted octanol–water partition coefficient (Wildman–Crippen LogP) is 5.57. The molecule has 0 aliphatic carbocycles. The summed E-state index contributed by atoms with van der Waals surface area (Å²) in [6.07, 6.45) is 1.98. The third kappa shape index (κ3) is 5.56. The van der Waals surface area contributed by atoms with E-state index < -0.39 is 0 Å². The summed E-state index contributed by atoms with van der Waals surface area (Å²) in [5, 5.41) is 9.67. The molecule has 32 heavy (non-hydrogen) atoms. The minimum absolute atomic E-state index is 0.248. The largest absolute Gasteiger partial charge is 0.485 e. The third-order valence-electron chi connectivity index (χ3n) is 5.61. The Kier molecular flexibility index (Phi) is 7.21. The predicted molar refractivity (Wildman–Crippen MR) is 123 cm³/mol. The van der Waals surface area contributed by atoms with E-state index in [4.69, 9.17) is 21.1 Å². The Morgan fingerprint density at radius 2 is 1.84 bits per heavy atom. The molecule has 3 aromatic rings. The van der Waals surface area contributed by atoms with Gasteiger partial charge in [-0.3, -0.25) is 0 Å². The highest BCUT2D eigenvalue weighted by Crippen LogP contribution is 2.34. The van der Waals surface area contributed by atoms with Gasteiger partial charge in [0.25, 0.3) is 0 Å². The van der Waals surface area contributed by atoms with Crippen molar-refractivity contribution in [3.63, 3.8) is 0 Å². The van der Waals surface area contributed by atoms with Crippen LogP contribution in [0.2, 0.25) is 5.15 Å². The zero-order valence-electron chi connectivity index (χ0n) is 18.0. The van der Waals surface area contributed by atoms with Crippen molar-refractivity contribution in [3.8, 4) is 23.4 Å². The number of aromatic nitrogens is 2. The molecule has 164 valence electrons. The molecule has 0 unspecified atom stereocenters. The Hall–Kier alpha value is -3.14. The van der Waals surface area contributed by atoms with Gasteiger partial charge in [-0.05, 0) is 50.2 Å². The van der Waals surface area contributed by atoms with Crippen molar-refractivity contribution in [3.05, 3.63) is 76.7 Å². The number of likely N-dealkylation sites (tertiary alicyclic amines) is 1. The molecule has 0 amide bonds. The van der Waals surface area contributed by atoms with Gasteiger partial charge < -0.3 is 14.4 Å². The molecule has 1 saturated heterocycles. The fraction of sp³-hybridized carbons (Fsp3) is 0.320. The first-order chi connectivity index (χ1) is 15.6. The molecule has 0 N–H and O–H groups in total. The monoisotopic (exact) mass is 448 g/mol. The van der Waals surface area contributed by atoms with Crippen molar-refractivity contribution >= 4 is 11.6 Å². The molecule has 6 nitrogen and oxygen atoms in total. The van der Waals surface area contributed by atoms with Crippen LogP contribution in [-0.2, 0) is 6.61 Å². The maximum Gasteiger partial charge on any atom is 0.224 e. The summed E-state index contributed by atoms with van der Waals surface area (Å²) in [7, 11) is 0. The molecule has 0 atom stereocenters. The van der Waals surface area contributed by atoms with E-state index in [1.807, 2.05) is 30.3 Å². The molecule has 1 fully saturated rings. The zero-order chi connectivity index (χ0) is 22.3. The normalized spacial score (nSPS) is 14.7. The summed E-state index contributed by atoms with van der Waals surface area (Å²) in [6, 6.07) is 18.7. The van der Waals surface area contributed by atoms with Crippen LogP contribution in [0.25, 0.3) is 0 Å². The molecule has 0 spiro atoms. The maximum absolute atomic E-state index is 9.33. The molecular formula is C25H25ClN4O2. The topological polar surface area (TPSA) is 71.3 Å². The Morgan fingerprint density at radius 3 is 2.56 bits per heavy atom. The second kappa shape index (κ2) is 10.4. The van der Waals surface area contributed by atoms with Gasteiger partial charge in [0.1, 0.15) is 17.6 Å². The van der Waals surface area contributed by atoms with Gasteiger partial charge in [0.2, 0.25) is 5.88 Å². The quantitative estimate of drug-likeness (QED) is 0.440. The van der Waals surface area contributed by atoms with Crippen LogP contribution in [0.4, 0.5) is 0 Å². The van der Waals surface area contributed by atoms with E-state index in [2.05, 4.69) is 27.9 Å². The van der Waals surface area contributed by atoms with E-state index in [1.54, 1.807) is 24.3 Å². The molecule has 0 saturated carbocycles. The number of halogens is 1. The SMILES string of the molecule is CCN1CCC(c2nc(Cl)cc(Oc3cc(C#N)ccc3OCc3ccccc3)n2)CC1. The van der Waals surface area contributed by atoms with Gasteiger partial charge in [-0.15, -0.1) is 0 Å². The van der Waals surface area contributed by atoms with Crippen LogP contribution in [0.5, 0.6) is 17.4 Å². The van der Waals surface area contributed by atoms with Gasteiger partial charge in [0.15, 0.2) is 11.5 Å². The summed E-state index contributed by atoms with van der Waals surface area (Å²) in [5.41, 5.74) is 1.51. The Morgan fingerprint density at radius 1 is 1.06 bits per heavy atom. The van der Waals surface area contributed by atoms with Gasteiger partial charge in [-0.1, -0.05) is 48.9 Å².